The molecule has 8 nitrogen and oxygen atoms in total. The fourth-order valence-electron chi connectivity index (χ4n) is 7.65. The number of hydrogen-bond acceptors (Lipinski definition) is 4. The predicted octanol–water partition coefficient (Wildman–Crippen LogP) is 4.10. The molecule has 4 saturated carbocycles. The van der Waals surface area contributed by atoms with Gasteiger partial charge in [0.1, 0.15) is 0 Å². The molecule has 9 heteroatoms. The van der Waals surface area contributed by atoms with Crippen molar-refractivity contribution in [2.45, 2.75) is 50.7 Å². The van der Waals surface area contributed by atoms with Gasteiger partial charge in [-0.3, -0.25) is 18.3 Å². The molecule has 4 aliphatic rings. The SMILES string of the molecule is Cn1c(=O)c2c(nc3n(CCOC45CC6CC(CC(C6)C4)C5)c(-c4ccc(Br)cc4)cn23)n(C)c1=O. The van der Waals surface area contributed by atoms with Crippen LogP contribution in [0.15, 0.2) is 44.5 Å². The monoisotopic (exact) mass is 551 g/mol. The standard InChI is InChI=1S/C27H30BrN5O3/c1-30-23-22(24(34)31(2)26(30)35)33-15-21(19-3-5-20(28)6-4-19)32(25(33)29-23)7-8-36-27-12-16-9-17(13-27)11-18(10-16)14-27/h3-6,15-18H,7-14H2,1-2H3. The summed E-state index contributed by atoms with van der Waals surface area (Å²) in [7, 11) is 3.17. The average molecular weight is 552 g/mol. The van der Waals surface area contributed by atoms with E-state index < -0.39 is 0 Å². The van der Waals surface area contributed by atoms with Gasteiger partial charge in [-0.15, -0.1) is 0 Å². The number of ether oxygens (including phenoxy) is 1. The van der Waals surface area contributed by atoms with Crippen LogP contribution in [0.25, 0.3) is 28.2 Å². The van der Waals surface area contributed by atoms with Crippen LogP contribution in [-0.2, 0) is 25.4 Å². The van der Waals surface area contributed by atoms with Crippen LogP contribution in [0.1, 0.15) is 38.5 Å². The molecule has 4 aliphatic carbocycles. The van der Waals surface area contributed by atoms with E-state index in [9.17, 15) is 9.59 Å². The molecule has 0 amide bonds. The van der Waals surface area contributed by atoms with Crippen molar-refractivity contribution in [3.05, 3.63) is 55.8 Å². The number of aromatic nitrogens is 5. The number of fused-ring (bicyclic) bond motifs is 3. The Morgan fingerprint density at radius 3 is 2.28 bits per heavy atom. The molecular formula is C27H30BrN5O3. The van der Waals surface area contributed by atoms with Crippen LogP contribution in [0.3, 0.4) is 0 Å². The van der Waals surface area contributed by atoms with Gasteiger partial charge in [0.05, 0.1) is 17.9 Å². The second kappa shape index (κ2) is 7.92. The maximum atomic E-state index is 13.1. The van der Waals surface area contributed by atoms with E-state index in [0.717, 1.165) is 38.1 Å². The minimum atomic E-state index is -0.377. The van der Waals surface area contributed by atoms with E-state index in [-0.39, 0.29) is 16.9 Å². The molecule has 1 aromatic carbocycles. The van der Waals surface area contributed by atoms with Crippen LogP contribution >= 0.6 is 15.9 Å². The normalized spacial score (nSPS) is 27.0. The first-order chi connectivity index (χ1) is 17.3. The Labute approximate surface area is 216 Å². The third-order valence-corrected chi connectivity index (χ3v) is 9.43. The van der Waals surface area contributed by atoms with Crippen molar-refractivity contribution in [3.8, 4) is 11.3 Å². The molecule has 4 aromatic rings. The van der Waals surface area contributed by atoms with E-state index >= 15 is 0 Å². The zero-order valence-electron chi connectivity index (χ0n) is 20.6. The van der Waals surface area contributed by atoms with Crippen LogP contribution in [0, 0.1) is 17.8 Å². The lowest BCUT2D eigenvalue weighted by atomic mass is 9.54. The highest BCUT2D eigenvalue weighted by Gasteiger charge is 2.51. The summed E-state index contributed by atoms with van der Waals surface area (Å²) >= 11 is 3.53. The van der Waals surface area contributed by atoms with Gasteiger partial charge >= 0.3 is 5.69 Å². The molecule has 0 atom stereocenters. The zero-order chi connectivity index (χ0) is 24.8. The summed E-state index contributed by atoms with van der Waals surface area (Å²) in [6.45, 7) is 1.22. The third-order valence-electron chi connectivity index (χ3n) is 8.90. The summed E-state index contributed by atoms with van der Waals surface area (Å²) in [5.41, 5.74) is 2.13. The smallest absolute Gasteiger partial charge is 0.332 e. The Balaban J connectivity index is 1.30. The number of aryl methyl sites for hydroxylation is 1. The molecule has 36 heavy (non-hydrogen) atoms. The van der Waals surface area contributed by atoms with E-state index in [4.69, 9.17) is 9.72 Å². The highest BCUT2D eigenvalue weighted by Crippen LogP contribution is 2.57. The maximum Gasteiger partial charge on any atom is 0.332 e. The summed E-state index contributed by atoms with van der Waals surface area (Å²) in [5, 5.41) is 0. The molecule has 0 N–H and O–H groups in total. The number of rotatable bonds is 5. The number of nitrogens with zero attached hydrogens (tertiary/aromatic N) is 5. The van der Waals surface area contributed by atoms with Gasteiger partial charge in [-0.05, 0) is 74.0 Å². The minimum absolute atomic E-state index is 0.0376. The second-order valence-electron chi connectivity index (χ2n) is 11.3. The first-order valence-electron chi connectivity index (χ1n) is 12.9. The third kappa shape index (κ3) is 3.31. The topological polar surface area (TPSA) is 75.5 Å². The summed E-state index contributed by atoms with van der Waals surface area (Å²) in [5.74, 6) is 3.16. The van der Waals surface area contributed by atoms with Crippen molar-refractivity contribution < 1.29 is 4.74 Å². The van der Waals surface area contributed by atoms with Crippen LogP contribution in [-0.4, -0.2) is 35.3 Å². The number of halogens is 1. The molecule has 0 radical (unpaired) electrons. The molecule has 0 aliphatic heterocycles. The lowest BCUT2D eigenvalue weighted by molar-refractivity contribution is -0.163. The molecule has 0 unspecified atom stereocenters. The van der Waals surface area contributed by atoms with Crippen LogP contribution in [0.4, 0.5) is 0 Å². The summed E-state index contributed by atoms with van der Waals surface area (Å²) in [6.07, 6.45) is 9.74. The average Bonchev–Trinajstić information content (AvgIpc) is 3.38. The first-order valence-corrected chi connectivity index (χ1v) is 13.7. The van der Waals surface area contributed by atoms with Crippen molar-refractivity contribution >= 4 is 32.9 Å². The summed E-state index contributed by atoms with van der Waals surface area (Å²) < 4.78 is 14.3. The van der Waals surface area contributed by atoms with Gasteiger partial charge in [0.2, 0.25) is 5.78 Å². The molecule has 4 bridgehead atoms. The van der Waals surface area contributed by atoms with Gasteiger partial charge < -0.3 is 9.30 Å². The maximum absolute atomic E-state index is 13.1. The Morgan fingerprint density at radius 2 is 1.64 bits per heavy atom. The van der Waals surface area contributed by atoms with E-state index in [0.29, 0.717) is 30.1 Å². The molecule has 4 fully saturated rings. The van der Waals surface area contributed by atoms with Crippen molar-refractivity contribution in [2.75, 3.05) is 6.61 Å². The van der Waals surface area contributed by atoms with Gasteiger partial charge in [-0.1, -0.05) is 28.1 Å². The van der Waals surface area contributed by atoms with Gasteiger partial charge in [0, 0.05) is 31.3 Å². The van der Waals surface area contributed by atoms with E-state index in [1.165, 1.54) is 50.1 Å². The van der Waals surface area contributed by atoms with Gasteiger partial charge in [-0.25, -0.2) is 4.79 Å². The highest BCUT2D eigenvalue weighted by molar-refractivity contribution is 9.10. The summed E-state index contributed by atoms with van der Waals surface area (Å²) in [6, 6.07) is 8.15. The zero-order valence-corrected chi connectivity index (χ0v) is 22.2. The van der Waals surface area contributed by atoms with Crippen molar-refractivity contribution in [2.24, 2.45) is 31.8 Å². The molecular weight excluding hydrogens is 522 g/mol. The Hall–Kier alpha value is -2.65. The van der Waals surface area contributed by atoms with Crippen LogP contribution in [0.2, 0.25) is 0 Å². The minimum Gasteiger partial charge on any atom is -0.373 e. The Kier molecular flexibility index (Phi) is 4.96. The van der Waals surface area contributed by atoms with Crippen molar-refractivity contribution in [1.82, 2.24) is 23.1 Å². The molecule has 8 rings (SSSR count). The number of hydrogen-bond donors (Lipinski definition) is 0. The Bertz CT molecular complexity index is 1590. The van der Waals surface area contributed by atoms with E-state index in [1.807, 2.05) is 22.7 Å². The largest absolute Gasteiger partial charge is 0.373 e. The molecule has 3 heterocycles. The number of imidazole rings is 2. The van der Waals surface area contributed by atoms with E-state index in [1.54, 1.807) is 7.05 Å². The van der Waals surface area contributed by atoms with Gasteiger partial charge in [-0.2, -0.15) is 4.98 Å². The lowest BCUT2D eigenvalue weighted by Gasteiger charge is -2.56. The van der Waals surface area contributed by atoms with Crippen molar-refractivity contribution in [3.63, 3.8) is 0 Å². The lowest BCUT2D eigenvalue weighted by Crippen LogP contribution is -2.52. The van der Waals surface area contributed by atoms with Crippen molar-refractivity contribution in [1.29, 1.82) is 0 Å². The highest BCUT2D eigenvalue weighted by atomic mass is 79.9. The molecule has 0 spiro atoms. The molecule has 0 saturated heterocycles. The molecule has 188 valence electrons. The summed E-state index contributed by atoms with van der Waals surface area (Å²) in [4.78, 5) is 30.4. The predicted molar refractivity (Wildman–Crippen MR) is 141 cm³/mol. The van der Waals surface area contributed by atoms with Crippen LogP contribution < -0.4 is 11.2 Å². The second-order valence-corrected chi connectivity index (χ2v) is 12.2. The number of benzene rings is 1. The first kappa shape index (κ1) is 22.5. The van der Waals surface area contributed by atoms with E-state index in [2.05, 4.69) is 32.6 Å². The fraction of sp³-hybridized carbons (Fsp3) is 0.519. The molecule has 3 aromatic heterocycles. The van der Waals surface area contributed by atoms with Gasteiger partial charge in [0.25, 0.3) is 5.56 Å². The fourth-order valence-corrected chi connectivity index (χ4v) is 7.91. The van der Waals surface area contributed by atoms with Gasteiger partial charge in [0.15, 0.2) is 11.2 Å². The Morgan fingerprint density at radius 1 is 1.00 bits per heavy atom. The quantitative estimate of drug-likeness (QED) is 0.374. The van der Waals surface area contributed by atoms with Crippen LogP contribution in [0.5, 0.6) is 0 Å².